The molecular formula is C28H33FN2O3S. The van der Waals surface area contributed by atoms with E-state index in [0.717, 1.165) is 17.5 Å². The second-order valence-electron chi connectivity index (χ2n) is 9.28. The highest BCUT2D eigenvalue weighted by atomic mass is 32.1. The number of nitrogens with zero attached hydrogens (tertiary/aromatic N) is 2. The number of thiophene rings is 1. The molecule has 2 atom stereocenters. The van der Waals surface area contributed by atoms with E-state index < -0.39 is 6.10 Å². The van der Waals surface area contributed by atoms with Crippen molar-refractivity contribution >= 4 is 17.2 Å². The van der Waals surface area contributed by atoms with E-state index in [0.29, 0.717) is 31.9 Å². The average Bonchev–Trinajstić information content (AvgIpc) is 3.33. The summed E-state index contributed by atoms with van der Waals surface area (Å²) in [5, 5.41) is 12.8. The molecule has 0 spiro atoms. The van der Waals surface area contributed by atoms with Gasteiger partial charge < -0.3 is 14.7 Å². The molecule has 0 saturated heterocycles. The molecule has 1 N–H and O–H groups in total. The fourth-order valence-corrected chi connectivity index (χ4v) is 5.45. The predicted molar refractivity (Wildman–Crippen MR) is 137 cm³/mol. The first-order valence-corrected chi connectivity index (χ1v) is 13.0. The molecule has 186 valence electrons. The second kappa shape index (κ2) is 11.8. The van der Waals surface area contributed by atoms with E-state index in [4.69, 9.17) is 4.74 Å². The molecule has 1 amide bonds. The quantitative estimate of drug-likeness (QED) is 0.442. The van der Waals surface area contributed by atoms with Crippen LogP contribution >= 0.6 is 11.3 Å². The van der Waals surface area contributed by atoms with Crippen molar-refractivity contribution in [2.24, 2.45) is 0 Å². The summed E-state index contributed by atoms with van der Waals surface area (Å²) in [5.74, 6) is 0.291. The molecule has 2 aromatic carbocycles. The van der Waals surface area contributed by atoms with Gasteiger partial charge in [-0.3, -0.25) is 9.69 Å². The van der Waals surface area contributed by atoms with Crippen LogP contribution in [0.2, 0.25) is 0 Å². The van der Waals surface area contributed by atoms with Crippen LogP contribution in [0.25, 0.3) is 0 Å². The fraction of sp³-hybridized carbons (Fsp3) is 0.393. The SMILES string of the molecule is CC(C)N(CC(=O)N1CCc2sccc2[C@@H]1COc1ccc(F)cc1)C[C@H](O)Cc1ccccc1. The Morgan fingerprint density at radius 1 is 1.17 bits per heavy atom. The highest BCUT2D eigenvalue weighted by molar-refractivity contribution is 7.10. The standard InChI is InChI=1S/C28H33FN2O3S/c1-20(2)30(17-23(32)16-21-6-4-3-5-7-21)18-28(33)31-14-12-27-25(13-15-35-27)26(31)19-34-24-10-8-22(29)9-11-24/h3-11,13,15,20,23,26,32H,12,14,16-19H2,1-2H3/t23-,26+/m1/s1. The topological polar surface area (TPSA) is 53.0 Å². The maximum absolute atomic E-state index is 13.6. The maximum Gasteiger partial charge on any atom is 0.237 e. The number of carbonyl (C=O) groups excluding carboxylic acids is 1. The average molecular weight is 497 g/mol. The minimum Gasteiger partial charge on any atom is -0.491 e. The number of amides is 1. The molecule has 4 rings (SSSR count). The largest absolute Gasteiger partial charge is 0.491 e. The molecule has 5 nitrogen and oxygen atoms in total. The molecule has 0 aliphatic carbocycles. The molecule has 1 aliphatic rings. The summed E-state index contributed by atoms with van der Waals surface area (Å²) < 4.78 is 19.3. The fourth-order valence-electron chi connectivity index (χ4n) is 4.52. The lowest BCUT2D eigenvalue weighted by atomic mass is 10.00. The van der Waals surface area contributed by atoms with Gasteiger partial charge in [0.15, 0.2) is 0 Å². The third-order valence-corrected chi connectivity index (χ3v) is 7.46. The van der Waals surface area contributed by atoms with Gasteiger partial charge in [0.2, 0.25) is 5.91 Å². The van der Waals surface area contributed by atoms with Gasteiger partial charge in [0.1, 0.15) is 18.2 Å². The highest BCUT2D eigenvalue weighted by Gasteiger charge is 2.33. The van der Waals surface area contributed by atoms with E-state index in [9.17, 15) is 14.3 Å². The number of halogens is 1. The first-order valence-electron chi connectivity index (χ1n) is 12.1. The molecule has 0 radical (unpaired) electrons. The molecule has 35 heavy (non-hydrogen) atoms. The molecule has 7 heteroatoms. The lowest BCUT2D eigenvalue weighted by Crippen LogP contribution is -2.49. The third kappa shape index (κ3) is 6.69. The van der Waals surface area contributed by atoms with Gasteiger partial charge in [0.25, 0.3) is 0 Å². The number of hydrogen-bond donors (Lipinski definition) is 1. The van der Waals surface area contributed by atoms with E-state index in [-0.39, 0.29) is 30.4 Å². The van der Waals surface area contributed by atoms with E-state index in [1.807, 2.05) is 54.0 Å². The summed E-state index contributed by atoms with van der Waals surface area (Å²) in [7, 11) is 0. The molecule has 0 saturated carbocycles. The number of hydrogen-bond acceptors (Lipinski definition) is 5. The van der Waals surface area contributed by atoms with Gasteiger partial charge in [0.05, 0.1) is 18.7 Å². The van der Waals surface area contributed by atoms with Crippen LogP contribution < -0.4 is 4.74 Å². The van der Waals surface area contributed by atoms with Crippen LogP contribution in [-0.2, 0) is 17.6 Å². The molecule has 2 heterocycles. The molecule has 0 bridgehead atoms. The summed E-state index contributed by atoms with van der Waals surface area (Å²) in [6.07, 6.45) is 0.813. The van der Waals surface area contributed by atoms with Gasteiger partial charge in [0, 0.05) is 24.0 Å². The Morgan fingerprint density at radius 2 is 1.91 bits per heavy atom. The minimum absolute atomic E-state index is 0.0233. The van der Waals surface area contributed by atoms with Crippen LogP contribution in [0, 0.1) is 5.82 Å². The number of aliphatic hydroxyl groups is 1. The van der Waals surface area contributed by atoms with Crippen molar-refractivity contribution in [2.45, 2.75) is 44.9 Å². The van der Waals surface area contributed by atoms with Crippen molar-refractivity contribution in [1.82, 2.24) is 9.80 Å². The molecule has 3 aromatic rings. The summed E-state index contributed by atoms with van der Waals surface area (Å²) in [4.78, 5) is 18.8. The van der Waals surface area contributed by atoms with Crippen molar-refractivity contribution in [2.75, 3.05) is 26.2 Å². The van der Waals surface area contributed by atoms with Crippen molar-refractivity contribution in [3.63, 3.8) is 0 Å². The smallest absolute Gasteiger partial charge is 0.237 e. The number of rotatable bonds is 10. The van der Waals surface area contributed by atoms with Gasteiger partial charge >= 0.3 is 0 Å². The maximum atomic E-state index is 13.6. The lowest BCUT2D eigenvalue weighted by molar-refractivity contribution is -0.137. The predicted octanol–water partition coefficient (Wildman–Crippen LogP) is 4.71. The van der Waals surface area contributed by atoms with E-state index in [1.54, 1.807) is 23.5 Å². The Labute approximate surface area is 210 Å². The Balaban J connectivity index is 1.43. The monoisotopic (exact) mass is 496 g/mol. The van der Waals surface area contributed by atoms with Gasteiger partial charge in [-0.15, -0.1) is 11.3 Å². The lowest BCUT2D eigenvalue weighted by Gasteiger charge is -2.38. The zero-order valence-electron chi connectivity index (χ0n) is 20.3. The molecular weight excluding hydrogens is 463 g/mol. The first-order chi connectivity index (χ1) is 16.9. The molecule has 1 aromatic heterocycles. The Kier molecular flexibility index (Phi) is 8.55. The van der Waals surface area contributed by atoms with Gasteiger partial charge in [-0.05, 0) is 73.5 Å². The zero-order chi connectivity index (χ0) is 24.8. The van der Waals surface area contributed by atoms with Crippen LogP contribution in [-0.4, -0.2) is 59.2 Å². The third-order valence-electron chi connectivity index (χ3n) is 6.46. The zero-order valence-corrected chi connectivity index (χ0v) is 21.1. The number of benzene rings is 2. The Morgan fingerprint density at radius 3 is 2.63 bits per heavy atom. The second-order valence-corrected chi connectivity index (χ2v) is 10.3. The number of ether oxygens (including phenoxy) is 1. The normalized spacial score (nSPS) is 16.4. The van der Waals surface area contributed by atoms with Crippen LogP contribution in [0.3, 0.4) is 0 Å². The summed E-state index contributed by atoms with van der Waals surface area (Å²) in [6.45, 7) is 5.68. The van der Waals surface area contributed by atoms with E-state index in [1.165, 1.54) is 17.0 Å². The van der Waals surface area contributed by atoms with Crippen molar-refractivity contribution < 1.29 is 19.0 Å². The van der Waals surface area contributed by atoms with Crippen LogP contribution in [0.15, 0.2) is 66.0 Å². The Bertz CT molecular complexity index is 1090. The van der Waals surface area contributed by atoms with Gasteiger partial charge in [-0.1, -0.05) is 30.3 Å². The summed E-state index contributed by atoms with van der Waals surface area (Å²) in [6, 6.07) is 17.8. The molecule has 0 unspecified atom stereocenters. The minimum atomic E-state index is -0.560. The van der Waals surface area contributed by atoms with Crippen LogP contribution in [0.4, 0.5) is 4.39 Å². The van der Waals surface area contributed by atoms with Gasteiger partial charge in [-0.25, -0.2) is 4.39 Å². The van der Waals surface area contributed by atoms with Crippen LogP contribution in [0.5, 0.6) is 5.75 Å². The summed E-state index contributed by atoms with van der Waals surface area (Å²) >= 11 is 1.71. The van der Waals surface area contributed by atoms with Crippen molar-refractivity contribution in [1.29, 1.82) is 0 Å². The van der Waals surface area contributed by atoms with E-state index >= 15 is 0 Å². The van der Waals surface area contributed by atoms with E-state index in [2.05, 4.69) is 11.4 Å². The first kappa shape index (κ1) is 25.4. The van der Waals surface area contributed by atoms with Gasteiger partial charge in [-0.2, -0.15) is 0 Å². The Hall–Kier alpha value is -2.74. The molecule has 1 aliphatic heterocycles. The van der Waals surface area contributed by atoms with Crippen LogP contribution in [0.1, 0.15) is 35.9 Å². The van der Waals surface area contributed by atoms with Crippen molar-refractivity contribution in [3.05, 3.63) is 87.9 Å². The number of aliphatic hydroxyl groups excluding tert-OH is 1. The number of carbonyl (C=O) groups is 1. The highest BCUT2D eigenvalue weighted by Crippen LogP contribution is 2.34. The summed E-state index contributed by atoms with van der Waals surface area (Å²) in [5.41, 5.74) is 2.20. The van der Waals surface area contributed by atoms with Crippen molar-refractivity contribution in [3.8, 4) is 5.75 Å². The number of fused-ring (bicyclic) bond motifs is 1. The molecule has 0 fully saturated rings.